The molecule has 10 heteroatoms. The van der Waals surface area contributed by atoms with Crippen LogP contribution in [0.3, 0.4) is 0 Å². The van der Waals surface area contributed by atoms with Crippen LogP contribution in [-0.4, -0.2) is 64.0 Å². The second-order valence-electron chi connectivity index (χ2n) is 10.8. The maximum absolute atomic E-state index is 14.0. The fourth-order valence-corrected chi connectivity index (χ4v) is 7.38. The predicted octanol–water partition coefficient (Wildman–Crippen LogP) is 5.40. The third-order valence-corrected chi connectivity index (χ3v) is 10.2. The van der Waals surface area contributed by atoms with E-state index in [0.717, 1.165) is 12.0 Å². The number of hydrogen-bond donors (Lipinski definition) is 1. The number of nitrogens with zero attached hydrogens (tertiary/aromatic N) is 2. The van der Waals surface area contributed by atoms with E-state index in [-0.39, 0.29) is 52.5 Å². The summed E-state index contributed by atoms with van der Waals surface area (Å²) in [5.74, 6) is -0.858. The summed E-state index contributed by atoms with van der Waals surface area (Å²) >= 11 is 6.51. The van der Waals surface area contributed by atoms with Crippen LogP contribution >= 0.6 is 11.6 Å². The highest BCUT2D eigenvalue weighted by molar-refractivity contribution is 7.92. The van der Waals surface area contributed by atoms with Crippen LogP contribution in [-0.2, 0) is 19.6 Å². The number of ether oxygens (including phenoxy) is 1. The fraction of sp³-hybridized carbons (Fsp3) is 0.333. The Morgan fingerprint density at radius 1 is 0.953 bits per heavy atom. The standard InChI is InChI=1S/C33H36ClN3O5S/c1-42-27-20-26-22-35-32(38)29(24-12-6-4-7-13-24)16-10-2-3-11-19-37(25-14-8-5-9-15-25)43(40,41)28-17-18-31(34)30(21-28)33(39)36(26)23-27/h3-9,11-15,17-18,21,26-27,29H,2,10,16,19-20,22-23H2,1H3,(H,35,38)/b11-3-/t26-,27-,29?/m0/s1. The number of allylic oxidation sites excluding steroid dienone is 1. The van der Waals surface area contributed by atoms with Crippen molar-refractivity contribution in [3.8, 4) is 0 Å². The van der Waals surface area contributed by atoms with Crippen LogP contribution in [0.15, 0.2) is 95.9 Å². The SMILES string of the molecule is CO[C@H]1C[C@H]2CNC(=O)C(c3ccccc3)CCC/C=C\CN(c3ccccc3)S(=O)(=O)c3ccc(Cl)c(c3)C(=O)N2C1. The van der Waals surface area contributed by atoms with Crippen LogP contribution in [0.2, 0.25) is 5.02 Å². The van der Waals surface area contributed by atoms with Crippen molar-refractivity contribution in [1.82, 2.24) is 10.2 Å². The summed E-state index contributed by atoms with van der Waals surface area (Å²) in [7, 11) is -2.46. The summed E-state index contributed by atoms with van der Waals surface area (Å²) in [5.41, 5.74) is 1.52. The van der Waals surface area contributed by atoms with Crippen molar-refractivity contribution < 1.29 is 22.7 Å². The van der Waals surface area contributed by atoms with Crippen LogP contribution < -0.4 is 9.62 Å². The van der Waals surface area contributed by atoms with Gasteiger partial charge in [-0.3, -0.25) is 13.9 Å². The molecular weight excluding hydrogens is 586 g/mol. The Morgan fingerprint density at radius 2 is 1.67 bits per heavy atom. The molecule has 1 fully saturated rings. The average molecular weight is 622 g/mol. The molecule has 2 aliphatic heterocycles. The monoisotopic (exact) mass is 621 g/mol. The number of benzene rings is 3. The molecular formula is C33H36ClN3O5S. The molecule has 0 spiro atoms. The summed E-state index contributed by atoms with van der Waals surface area (Å²) in [6, 6.07) is 22.4. The van der Waals surface area contributed by atoms with Crippen molar-refractivity contribution in [3.05, 3.63) is 107 Å². The summed E-state index contributed by atoms with van der Waals surface area (Å²) in [6.45, 7) is 0.641. The maximum atomic E-state index is 14.0. The predicted molar refractivity (Wildman–Crippen MR) is 168 cm³/mol. The van der Waals surface area contributed by atoms with Crippen LogP contribution in [0.25, 0.3) is 0 Å². The minimum atomic E-state index is -4.05. The molecule has 0 aromatic heterocycles. The molecule has 43 heavy (non-hydrogen) atoms. The topological polar surface area (TPSA) is 96.0 Å². The molecule has 0 saturated carbocycles. The molecule has 3 aromatic rings. The van der Waals surface area contributed by atoms with Crippen LogP contribution in [0.1, 0.15) is 47.5 Å². The summed E-state index contributed by atoms with van der Waals surface area (Å²) in [6.07, 6.45) is 6.12. The zero-order valence-electron chi connectivity index (χ0n) is 24.1. The first-order chi connectivity index (χ1) is 20.8. The van der Waals surface area contributed by atoms with E-state index in [9.17, 15) is 18.0 Å². The van der Waals surface area contributed by atoms with Gasteiger partial charge in [-0.05, 0) is 61.6 Å². The van der Waals surface area contributed by atoms with Crippen molar-refractivity contribution in [2.24, 2.45) is 0 Å². The maximum Gasteiger partial charge on any atom is 0.264 e. The van der Waals surface area contributed by atoms with Gasteiger partial charge in [-0.1, -0.05) is 72.3 Å². The number of nitrogens with one attached hydrogen (secondary N) is 1. The molecule has 3 aromatic carbocycles. The van der Waals surface area contributed by atoms with Gasteiger partial charge in [-0.15, -0.1) is 0 Å². The first-order valence-electron chi connectivity index (χ1n) is 14.5. The first kappa shape index (κ1) is 30.8. The molecule has 0 radical (unpaired) electrons. The number of methoxy groups -OCH3 is 1. The normalized spacial score (nSPS) is 24.0. The van der Waals surface area contributed by atoms with Crippen molar-refractivity contribution in [3.63, 3.8) is 0 Å². The highest BCUT2D eigenvalue weighted by atomic mass is 35.5. The van der Waals surface area contributed by atoms with Crippen LogP contribution in [0.4, 0.5) is 5.69 Å². The average Bonchev–Trinajstić information content (AvgIpc) is 3.45. The van der Waals surface area contributed by atoms with E-state index in [4.69, 9.17) is 16.3 Å². The van der Waals surface area contributed by atoms with E-state index < -0.39 is 15.9 Å². The number of para-hydroxylation sites is 1. The van der Waals surface area contributed by atoms with Gasteiger partial charge in [0.1, 0.15) is 0 Å². The summed E-state index contributed by atoms with van der Waals surface area (Å²) < 4.78 is 35.0. The highest BCUT2D eigenvalue weighted by Gasteiger charge is 2.37. The lowest BCUT2D eigenvalue weighted by Crippen LogP contribution is -2.44. The number of anilines is 1. The quantitative estimate of drug-likeness (QED) is 0.395. The van der Waals surface area contributed by atoms with Crippen LogP contribution in [0.5, 0.6) is 0 Å². The van der Waals surface area contributed by atoms with E-state index in [1.54, 1.807) is 36.3 Å². The van der Waals surface area contributed by atoms with Gasteiger partial charge in [0, 0.05) is 20.2 Å². The van der Waals surface area contributed by atoms with E-state index in [1.807, 2.05) is 48.6 Å². The largest absolute Gasteiger partial charge is 0.380 e. The van der Waals surface area contributed by atoms with Gasteiger partial charge in [-0.2, -0.15) is 0 Å². The second kappa shape index (κ2) is 13.8. The summed E-state index contributed by atoms with van der Waals surface area (Å²) in [5, 5.41) is 3.24. The Bertz CT molecular complexity index is 1570. The minimum absolute atomic E-state index is 0.0309. The third-order valence-electron chi connectivity index (χ3n) is 8.10. The molecule has 2 heterocycles. The zero-order chi connectivity index (χ0) is 30.4. The van der Waals surface area contributed by atoms with Gasteiger partial charge >= 0.3 is 0 Å². The molecule has 0 aliphatic carbocycles. The summed E-state index contributed by atoms with van der Waals surface area (Å²) in [4.78, 5) is 29.1. The Labute approximate surface area is 258 Å². The number of amides is 2. The van der Waals surface area contributed by atoms with Gasteiger partial charge in [0.2, 0.25) is 5.91 Å². The number of hydrogen-bond acceptors (Lipinski definition) is 5. The lowest BCUT2D eigenvalue weighted by atomic mass is 9.92. The van der Waals surface area contributed by atoms with Gasteiger partial charge in [0.05, 0.1) is 45.8 Å². The van der Waals surface area contributed by atoms with Gasteiger partial charge in [0.15, 0.2) is 0 Å². The van der Waals surface area contributed by atoms with Crippen molar-refractivity contribution in [2.45, 2.75) is 48.6 Å². The van der Waals surface area contributed by atoms with Gasteiger partial charge in [-0.25, -0.2) is 8.42 Å². The van der Waals surface area contributed by atoms with Crippen molar-refractivity contribution in [2.75, 3.05) is 31.0 Å². The molecule has 1 unspecified atom stereocenters. The first-order valence-corrected chi connectivity index (χ1v) is 16.3. The van der Waals surface area contributed by atoms with E-state index in [1.165, 1.54) is 22.5 Å². The Balaban J connectivity index is 1.54. The van der Waals surface area contributed by atoms with E-state index >= 15 is 0 Å². The Morgan fingerprint density at radius 3 is 2.40 bits per heavy atom. The zero-order valence-corrected chi connectivity index (χ0v) is 25.6. The number of rotatable bonds is 3. The van der Waals surface area contributed by atoms with Gasteiger partial charge < -0.3 is 15.0 Å². The molecule has 8 nitrogen and oxygen atoms in total. The molecule has 1 saturated heterocycles. The number of carbonyl (C=O) groups excluding carboxylic acids is 2. The molecule has 5 rings (SSSR count). The lowest BCUT2D eigenvalue weighted by Gasteiger charge is -2.27. The molecule has 2 aliphatic rings. The van der Waals surface area contributed by atoms with E-state index in [0.29, 0.717) is 31.5 Å². The number of fused-ring (bicyclic) bond motifs is 3. The number of sulfonamides is 1. The van der Waals surface area contributed by atoms with Gasteiger partial charge in [0.25, 0.3) is 15.9 Å². The second-order valence-corrected chi connectivity index (χ2v) is 13.1. The molecule has 1 N–H and O–H groups in total. The Kier molecular flexibility index (Phi) is 9.85. The number of carbonyl (C=O) groups is 2. The lowest BCUT2D eigenvalue weighted by molar-refractivity contribution is -0.123. The Hall–Kier alpha value is -3.66. The minimum Gasteiger partial charge on any atom is -0.380 e. The van der Waals surface area contributed by atoms with E-state index in [2.05, 4.69) is 5.32 Å². The smallest absolute Gasteiger partial charge is 0.264 e. The number of halogens is 1. The molecule has 2 bridgehead atoms. The highest BCUT2D eigenvalue weighted by Crippen LogP contribution is 2.30. The molecule has 3 atom stereocenters. The van der Waals surface area contributed by atoms with Crippen molar-refractivity contribution >= 4 is 39.1 Å². The third kappa shape index (κ3) is 6.95. The molecule has 2 amide bonds. The van der Waals surface area contributed by atoms with Crippen LogP contribution in [0, 0.1) is 0 Å². The van der Waals surface area contributed by atoms with Crippen molar-refractivity contribution in [1.29, 1.82) is 0 Å². The fourth-order valence-electron chi connectivity index (χ4n) is 5.74. The molecule has 226 valence electrons.